The summed E-state index contributed by atoms with van der Waals surface area (Å²) in [4.78, 5) is 45.5. The van der Waals surface area contributed by atoms with Crippen LogP contribution in [0.15, 0.2) is 12.4 Å². The van der Waals surface area contributed by atoms with Crippen molar-refractivity contribution < 1.29 is 19.1 Å². The molecule has 3 heterocycles. The molecular formula is C12H12N4O4. The SMILES string of the molecule is Cc1cnc(C(=O)N2CC(N3C(=O)COC3=O)C2)cn1. The third-order valence-corrected chi connectivity index (χ3v) is 3.30. The van der Waals surface area contributed by atoms with Crippen molar-refractivity contribution in [2.24, 2.45) is 0 Å². The van der Waals surface area contributed by atoms with E-state index in [9.17, 15) is 14.4 Å². The Bertz CT molecular complexity index is 564. The molecule has 104 valence electrons. The predicted octanol–water partition coefficient (Wildman–Crippen LogP) is -0.412. The van der Waals surface area contributed by atoms with Crippen LogP contribution in [0.1, 0.15) is 16.2 Å². The number of likely N-dealkylation sites (tertiary alicyclic amines) is 1. The van der Waals surface area contributed by atoms with E-state index in [1.54, 1.807) is 6.92 Å². The van der Waals surface area contributed by atoms with Gasteiger partial charge in [0, 0.05) is 19.3 Å². The highest BCUT2D eigenvalue weighted by molar-refractivity contribution is 5.99. The first kappa shape index (κ1) is 12.5. The molecule has 20 heavy (non-hydrogen) atoms. The zero-order valence-corrected chi connectivity index (χ0v) is 10.8. The van der Waals surface area contributed by atoms with Crippen LogP contribution in [0.25, 0.3) is 0 Å². The second-order valence-corrected chi connectivity index (χ2v) is 4.73. The van der Waals surface area contributed by atoms with Crippen LogP contribution in [0.5, 0.6) is 0 Å². The third kappa shape index (κ3) is 1.98. The quantitative estimate of drug-likeness (QED) is 0.729. The fourth-order valence-electron chi connectivity index (χ4n) is 2.17. The fraction of sp³-hybridized carbons (Fsp3) is 0.417. The first-order chi connectivity index (χ1) is 9.56. The van der Waals surface area contributed by atoms with Gasteiger partial charge in [0.2, 0.25) is 0 Å². The molecule has 2 aliphatic rings. The van der Waals surface area contributed by atoms with Gasteiger partial charge in [0.1, 0.15) is 5.69 Å². The van der Waals surface area contributed by atoms with Gasteiger partial charge in [-0.25, -0.2) is 14.7 Å². The smallest absolute Gasteiger partial charge is 0.417 e. The predicted molar refractivity (Wildman–Crippen MR) is 64.7 cm³/mol. The Balaban J connectivity index is 1.63. The number of rotatable bonds is 2. The zero-order valence-electron chi connectivity index (χ0n) is 10.8. The highest BCUT2D eigenvalue weighted by Gasteiger charge is 2.44. The molecule has 1 aromatic rings. The van der Waals surface area contributed by atoms with E-state index >= 15 is 0 Å². The number of carbonyl (C=O) groups excluding carboxylic acids is 3. The first-order valence-corrected chi connectivity index (χ1v) is 6.13. The highest BCUT2D eigenvalue weighted by atomic mass is 16.6. The molecule has 2 aliphatic heterocycles. The zero-order chi connectivity index (χ0) is 14.3. The molecule has 0 N–H and O–H groups in total. The van der Waals surface area contributed by atoms with Crippen molar-refractivity contribution in [1.82, 2.24) is 19.8 Å². The van der Waals surface area contributed by atoms with E-state index in [-0.39, 0.29) is 30.2 Å². The van der Waals surface area contributed by atoms with Gasteiger partial charge < -0.3 is 9.64 Å². The number of nitrogens with zero attached hydrogens (tertiary/aromatic N) is 4. The lowest BCUT2D eigenvalue weighted by atomic mass is 10.1. The van der Waals surface area contributed by atoms with E-state index in [0.29, 0.717) is 13.1 Å². The average Bonchev–Trinajstić information content (AvgIpc) is 2.70. The van der Waals surface area contributed by atoms with Crippen LogP contribution < -0.4 is 0 Å². The van der Waals surface area contributed by atoms with Crippen LogP contribution in [0.2, 0.25) is 0 Å². The Morgan fingerprint density at radius 3 is 2.60 bits per heavy atom. The van der Waals surface area contributed by atoms with Crippen LogP contribution in [-0.2, 0) is 9.53 Å². The van der Waals surface area contributed by atoms with E-state index in [0.717, 1.165) is 10.6 Å². The van der Waals surface area contributed by atoms with Gasteiger partial charge in [-0.15, -0.1) is 0 Å². The summed E-state index contributed by atoms with van der Waals surface area (Å²) in [6.45, 7) is 2.17. The molecular weight excluding hydrogens is 264 g/mol. The van der Waals surface area contributed by atoms with Gasteiger partial charge in [0.25, 0.3) is 11.8 Å². The van der Waals surface area contributed by atoms with Crippen LogP contribution in [0.4, 0.5) is 4.79 Å². The van der Waals surface area contributed by atoms with Crippen molar-refractivity contribution >= 4 is 17.9 Å². The Morgan fingerprint density at radius 2 is 2.05 bits per heavy atom. The minimum Gasteiger partial charge on any atom is -0.439 e. The monoisotopic (exact) mass is 276 g/mol. The van der Waals surface area contributed by atoms with Crippen molar-refractivity contribution in [3.8, 4) is 0 Å². The van der Waals surface area contributed by atoms with Gasteiger partial charge in [0.05, 0.1) is 17.9 Å². The largest absolute Gasteiger partial charge is 0.439 e. The third-order valence-electron chi connectivity index (χ3n) is 3.30. The normalized spacial score (nSPS) is 19.1. The van der Waals surface area contributed by atoms with Crippen molar-refractivity contribution in [2.75, 3.05) is 19.7 Å². The van der Waals surface area contributed by atoms with Gasteiger partial charge >= 0.3 is 6.09 Å². The molecule has 3 rings (SSSR count). The molecule has 3 amide bonds. The van der Waals surface area contributed by atoms with E-state index in [2.05, 4.69) is 14.7 Å². The minimum absolute atomic E-state index is 0.216. The van der Waals surface area contributed by atoms with Crippen LogP contribution >= 0.6 is 0 Å². The summed E-state index contributed by atoms with van der Waals surface area (Å²) in [6, 6.07) is -0.306. The standard InChI is InChI=1S/C12H12N4O4/c1-7-2-14-9(3-13-7)11(18)15-4-8(5-15)16-10(17)6-20-12(16)19/h2-3,8H,4-6H2,1H3. The number of cyclic esters (lactones) is 1. The summed E-state index contributed by atoms with van der Waals surface area (Å²) in [6.07, 6.45) is 2.30. The van der Waals surface area contributed by atoms with E-state index in [4.69, 9.17) is 0 Å². The minimum atomic E-state index is -0.637. The Morgan fingerprint density at radius 1 is 1.30 bits per heavy atom. The maximum atomic E-state index is 12.1. The van der Waals surface area contributed by atoms with E-state index in [1.807, 2.05) is 0 Å². The summed E-state index contributed by atoms with van der Waals surface area (Å²) in [5.41, 5.74) is 0.984. The van der Waals surface area contributed by atoms with Gasteiger partial charge in [-0.05, 0) is 6.92 Å². The molecule has 0 spiro atoms. The lowest BCUT2D eigenvalue weighted by Gasteiger charge is -2.41. The maximum Gasteiger partial charge on any atom is 0.417 e. The number of carbonyl (C=O) groups is 3. The number of hydrogen-bond donors (Lipinski definition) is 0. The first-order valence-electron chi connectivity index (χ1n) is 6.13. The number of aromatic nitrogens is 2. The number of aryl methyl sites for hydroxylation is 1. The number of hydrogen-bond acceptors (Lipinski definition) is 6. The second-order valence-electron chi connectivity index (χ2n) is 4.73. The molecule has 0 bridgehead atoms. The highest BCUT2D eigenvalue weighted by Crippen LogP contribution is 2.21. The number of imide groups is 1. The van der Waals surface area contributed by atoms with Gasteiger partial charge in [-0.2, -0.15) is 0 Å². The Kier molecular flexibility index (Phi) is 2.85. The molecule has 0 aliphatic carbocycles. The lowest BCUT2D eigenvalue weighted by molar-refractivity contribution is -0.129. The summed E-state index contributed by atoms with van der Waals surface area (Å²) in [5, 5.41) is 0. The van der Waals surface area contributed by atoms with Gasteiger partial charge in [0.15, 0.2) is 6.61 Å². The molecule has 8 heteroatoms. The summed E-state index contributed by atoms with van der Waals surface area (Å²) in [5.74, 6) is -0.615. The summed E-state index contributed by atoms with van der Waals surface area (Å²) in [7, 11) is 0. The molecule has 0 saturated carbocycles. The topological polar surface area (TPSA) is 92.7 Å². The van der Waals surface area contributed by atoms with Gasteiger partial charge in [-0.1, -0.05) is 0 Å². The van der Waals surface area contributed by atoms with Crippen molar-refractivity contribution in [2.45, 2.75) is 13.0 Å². The fourth-order valence-corrected chi connectivity index (χ4v) is 2.17. The average molecular weight is 276 g/mol. The Hall–Kier alpha value is -2.51. The molecule has 0 radical (unpaired) electrons. The molecule has 0 unspecified atom stereocenters. The van der Waals surface area contributed by atoms with E-state index in [1.165, 1.54) is 17.3 Å². The van der Waals surface area contributed by atoms with Crippen LogP contribution in [-0.4, -0.2) is 63.4 Å². The lowest BCUT2D eigenvalue weighted by Crippen LogP contribution is -2.62. The van der Waals surface area contributed by atoms with Crippen molar-refractivity contribution in [3.05, 3.63) is 23.8 Å². The molecule has 2 fully saturated rings. The number of ether oxygens (including phenoxy) is 1. The molecule has 8 nitrogen and oxygen atoms in total. The maximum absolute atomic E-state index is 12.1. The number of amides is 3. The Labute approximate surface area is 114 Å². The molecule has 0 atom stereocenters. The van der Waals surface area contributed by atoms with E-state index < -0.39 is 6.09 Å². The summed E-state index contributed by atoms with van der Waals surface area (Å²) >= 11 is 0. The van der Waals surface area contributed by atoms with Crippen molar-refractivity contribution in [3.63, 3.8) is 0 Å². The molecule has 2 saturated heterocycles. The van der Waals surface area contributed by atoms with Crippen molar-refractivity contribution in [1.29, 1.82) is 0 Å². The van der Waals surface area contributed by atoms with Crippen LogP contribution in [0.3, 0.4) is 0 Å². The summed E-state index contributed by atoms with van der Waals surface area (Å²) < 4.78 is 4.64. The van der Waals surface area contributed by atoms with Crippen LogP contribution in [0, 0.1) is 6.92 Å². The second kappa shape index (κ2) is 4.55. The van der Waals surface area contributed by atoms with Gasteiger partial charge in [-0.3, -0.25) is 14.6 Å². The molecule has 1 aromatic heterocycles. The molecule has 0 aromatic carbocycles.